The molecule has 0 aliphatic heterocycles. The molecule has 0 aromatic carbocycles. The maximum atomic E-state index is 13.8. The first-order valence-electron chi connectivity index (χ1n) is 8.19. The Morgan fingerprint density at radius 2 is 1.10 bits per heavy atom. The lowest BCUT2D eigenvalue weighted by Crippen LogP contribution is -2.18. The van der Waals surface area contributed by atoms with E-state index in [9.17, 15) is 13.2 Å². The standard InChI is InChI=1S/C17H31F3/c1-4-6-8-10-12-14-17(3,15(18)16(19)20)13-11-9-7-5-2/h4-14H2,1-3H3. The first-order valence-corrected chi connectivity index (χ1v) is 8.19. The third kappa shape index (κ3) is 7.96. The lowest BCUT2D eigenvalue weighted by molar-refractivity contribution is 0.221. The first kappa shape index (κ1) is 19.5. The van der Waals surface area contributed by atoms with Gasteiger partial charge in [-0.1, -0.05) is 78.6 Å². The molecule has 0 heterocycles. The average molecular weight is 292 g/mol. The van der Waals surface area contributed by atoms with E-state index >= 15 is 0 Å². The molecular formula is C17H31F3. The van der Waals surface area contributed by atoms with Gasteiger partial charge < -0.3 is 0 Å². The third-order valence-electron chi connectivity index (χ3n) is 4.11. The number of rotatable bonds is 12. The SMILES string of the molecule is CCCCCCCC(C)(CCCCCC)C(F)=C(F)F. The normalized spacial score (nSPS) is 14.1. The Bertz CT molecular complexity index is 269. The molecule has 0 aromatic heterocycles. The van der Waals surface area contributed by atoms with E-state index in [0.717, 1.165) is 51.4 Å². The van der Waals surface area contributed by atoms with Crippen LogP contribution < -0.4 is 0 Å². The summed E-state index contributed by atoms with van der Waals surface area (Å²) in [5.74, 6) is -1.18. The number of hydrogen-bond acceptors (Lipinski definition) is 0. The Morgan fingerprint density at radius 3 is 1.50 bits per heavy atom. The van der Waals surface area contributed by atoms with E-state index in [2.05, 4.69) is 13.8 Å². The Labute approximate surface area is 122 Å². The van der Waals surface area contributed by atoms with Crippen LogP contribution in [-0.4, -0.2) is 0 Å². The fraction of sp³-hybridized carbons (Fsp3) is 0.882. The molecule has 0 spiro atoms. The minimum atomic E-state index is -2.13. The molecule has 0 amide bonds. The van der Waals surface area contributed by atoms with E-state index in [4.69, 9.17) is 0 Å². The quantitative estimate of drug-likeness (QED) is 0.329. The molecule has 0 aliphatic rings. The predicted octanol–water partition coefficient (Wildman–Crippen LogP) is 7.40. The zero-order chi connectivity index (χ0) is 15.4. The molecule has 1 atom stereocenters. The summed E-state index contributed by atoms with van der Waals surface area (Å²) in [4.78, 5) is 0. The van der Waals surface area contributed by atoms with E-state index in [0.29, 0.717) is 12.8 Å². The van der Waals surface area contributed by atoms with Crippen LogP contribution in [0.3, 0.4) is 0 Å². The minimum Gasteiger partial charge on any atom is -0.205 e. The summed E-state index contributed by atoms with van der Waals surface area (Å²) in [5, 5.41) is 0. The van der Waals surface area contributed by atoms with Gasteiger partial charge in [-0.05, 0) is 12.8 Å². The minimum absolute atomic E-state index is 0.532. The van der Waals surface area contributed by atoms with Crippen molar-refractivity contribution in [3.05, 3.63) is 11.9 Å². The van der Waals surface area contributed by atoms with Crippen LogP contribution in [-0.2, 0) is 0 Å². The maximum Gasteiger partial charge on any atom is 0.302 e. The van der Waals surface area contributed by atoms with Gasteiger partial charge in [0.15, 0.2) is 5.83 Å². The highest BCUT2D eigenvalue weighted by Gasteiger charge is 2.32. The van der Waals surface area contributed by atoms with Crippen molar-refractivity contribution >= 4 is 0 Å². The lowest BCUT2D eigenvalue weighted by atomic mass is 9.78. The van der Waals surface area contributed by atoms with Crippen LogP contribution in [0.15, 0.2) is 11.9 Å². The van der Waals surface area contributed by atoms with E-state index in [-0.39, 0.29) is 0 Å². The monoisotopic (exact) mass is 292 g/mol. The predicted molar refractivity (Wildman–Crippen MR) is 80.6 cm³/mol. The highest BCUT2D eigenvalue weighted by Crippen LogP contribution is 2.41. The second kappa shape index (κ2) is 11.2. The Balaban J connectivity index is 4.36. The molecule has 3 heteroatoms. The van der Waals surface area contributed by atoms with E-state index in [1.165, 1.54) is 6.42 Å². The van der Waals surface area contributed by atoms with Gasteiger partial charge in [-0.25, -0.2) is 4.39 Å². The van der Waals surface area contributed by atoms with E-state index in [1.807, 2.05) is 0 Å². The van der Waals surface area contributed by atoms with Crippen LogP contribution in [0, 0.1) is 5.41 Å². The van der Waals surface area contributed by atoms with Gasteiger partial charge in [0.1, 0.15) is 0 Å². The topological polar surface area (TPSA) is 0 Å². The summed E-state index contributed by atoms with van der Waals surface area (Å²) in [6, 6.07) is 0. The first-order chi connectivity index (χ1) is 9.48. The van der Waals surface area contributed by atoms with Gasteiger partial charge in [0.05, 0.1) is 0 Å². The van der Waals surface area contributed by atoms with Crippen molar-refractivity contribution in [2.24, 2.45) is 5.41 Å². The summed E-state index contributed by atoms with van der Waals surface area (Å²) in [7, 11) is 0. The largest absolute Gasteiger partial charge is 0.302 e. The third-order valence-corrected chi connectivity index (χ3v) is 4.11. The van der Waals surface area contributed by atoms with Gasteiger partial charge in [0, 0.05) is 5.41 Å². The molecule has 0 N–H and O–H groups in total. The van der Waals surface area contributed by atoms with Gasteiger partial charge in [-0.2, -0.15) is 8.78 Å². The van der Waals surface area contributed by atoms with Crippen LogP contribution >= 0.6 is 0 Å². The van der Waals surface area contributed by atoms with Crippen molar-refractivity contribution in [1.82, 2.24) is 0 Å². The fourth-order valence-electron chi connectivity index (χ4n) is 2.63. The van der Waals surface area contributed by atoms with Crippen LogP contribution in [0.25, 0.3) is 0 Å². The van der Waals surface area contributed by atoms with Crippen LogP contribution in [0.1, 0.15) is 91.4 Å². The van der Waals surface area contributed by atoms with Crippen LogP contribution in [0.2, 0.25) is 0 Å². The van der Waals surface area contributed by atoms with E-state index < -0.39 is 17.3 Å². The number of halogens is 3. The zero-order valence-corrected chi connectivity index (χ0v) is 13.4. The molecular weight excluding hydrogens is 261 g/mol. The Kier molecular flexibility index (Phi) is 11.0. The molecule has 0 fully saturated rings. The fourth-order valence-corrected chi connectivity index (χ4v) is 2.63. The van der Waals surface area contributed by atoms with Crippen molar-refractivity contribution < 1.29 is 13.2 Å². The molecule has 0 radical (unpaired) electrons. The molecule has 120 valence electrons. The Hall–Kier alpha value is -0.470. The van der Waals surface area contributed by atoms with Gasteiger partial charge in [0.2, 0.25) is 0 Å². The van der Waals surface area contributed by atoms with Crippen molar-refractivity contribution in [2.75, 3.05) is 0 Å². The summed E-state index contributed by atoms with van der Waals surface area (Å²) >= 11 is 0. The molecule has 1 unspecified atom stereocenters. The maximum absolute atomic E-state index is 13.8. The number of unbranched alkanes of at least 4 members (excludes halogenated alkanes) is 7. The summed E-state index contributed by atoms with van der Waals surface area (Å²) in [5.41, 5.74) is -0.960. The summed E-state index contributed by atoms with van der Waals surface area (Å²) < 4.78 is 39.1. The smallest absolute Gasteiger partial charge is 0.205 e. The molecule has 0 rings (SSSR count). The van der Waals surface area contributed by atoms with Crippen molar-refractivity contribution in [1.29, 1.82) is 0 Å². The molecule has 0 saturated carbocycles. The Morgan fingerprint density at radius 1 is 0.700 bits per heavy atom. The van der Waals surface area contributed by atoms with Crippen molar-refractivity contribution in [3.63, 3.8) is 0 Å². The molecule has 0 bridgehead atoms. The van der Waals surface area contributed by atoms with Gasteiger partial charge in [-0.15, -0.1) is 0 Å². The average Bonchev–Trinajstić information content (AvgIpc) is 2.42. The molecule has 0 nitrogen and oxygen atoms in total. The number of allylic oxidation sites excluding steroid dienone is 1. The zero-order valence-electron chi connectivity index (χ0n) is 13.4. The van der Waals surface area contributed by atoms with Crippen molar-refractivity contribution in [2.45, 2.75) is 91.4 Å². The molecule has 0 aliphatic carbocycles. The second-order valence-electron chi connectivity index (χ2n) is 6.11. The van der Waals surface area contributed by atoms with Gasteiger partial charge >= 0.3 is 6.08 Å². The van der Waals surface area contributed by atoms with Gasteiger partial charge in [-0.3, -0.25) is 0 Å². The van der Waals surface area contributed by atoms with Gasteiger partial charge in [0.25, 0.3) is 0 Å². The number of hydrogen-bond donors (Lipinski definition) is 0. The molecule has 20 heavy (non-hydrogen) atoms. The van der Waals surface area contributed by atoms with Crippen LogP contribution in [0.4, 0.5) is 13.2 Å². The lowest BCUT2D eigenvalue weighted by Gasteiger charge is -2.27. The summed E-state index contributed by atoms with van der Waals surface area (Å²) in [6.07, 6.45) is 8.26. The molecule has 0 aromatic rings. The second-order valence-corrected chi connectivity index (χ2v) is 6.11. The summed E-state index contributed by atoms with van der Waals surface area (Å²) in [6.45, 7) is 5.90. The van der Waals surface area contributed by atoms with E-state index in [1.54, 1.807) is 6.92 Å². The van der Waals surface area contributed by atoms with Crippen LogP contribution in [0.5, 0.6) is 0 Å². The molecule has 0 saturated heterocycles. The highest BCUT2D eigenvalue weighted by molar-refractivity contribution is 5.06. The highest BCUT2D eigenvalue weighted by atomic mass is 19.3. The van der Waals surface area contributed by atoms with Crippen molar-refractivity contribution in [3.8, 4) is 0 Å².